The van der Waals surface area contributed by atoms with Gasteiger partial charge in [-0.1, -0.05) is 18.2 Å². The summed E-state index contributed by atoms with van der Waals surface area (Å²) in [5, 5.41) is 5.72. The van der Waals surface area contributed by atoms with Crippen LogP contribution >= 0.6 is 0 Å². The van der Waals surface area contributed by atoms with Crippen LogP contribution in [0.5, 0.6) is 11.5 Å². The summed E-state index contributed by atoms with van der Waals surface area (Å²) < 4.78 is 16.0. The van der Waals surface area contributed by atoms with Crippen molar-refractivity contribution in [1.82, 2.24) is 15.5 Å². The van der Waals surface area contributed by atoms with E-state index in [4.69, 9.17) is 14.2 Å². The van der Waals surface area contributed by atoms with Crippen LogP contribution < -0.4 is 25.0 Å². The van der Waals surface area contributed by atoms with Crippen molar-refractivity contribution in [3.8, 4) is 11.5 Å². The van der Waals surface area contributed by atoms with Crippen LogP contribution in [0.4, 0.5) is 10.5 Å². The van der Waals surface area contributed by atoms with Gasteiger partial charge in [-0.25, -0.2) is 9.59 Å². The number of anilines is 1. The molecule has 4 rings (SSSR count). The van der Waals surface area contributed by atoms with Gasteiger partial charge in [-0.3, -0.25) is 4.90 Å². The van der Waals surface area contributed by atoms with Crippen molar-refractivity contribution in [2.45, 2.75) is 13.0 Å². The topological polar surface area (TPSA) is 92.4 Å². The zero-order chi connectivity index (χ0) is 24.8. The number of piperazine rings is 1. The molecule has 35 heavy (non-hydrogen) atoms. The van der Waals surface area contributed by atoms with E-state index in [-0.39, 0.29) is 6.03 Å². The van der Waals surface area contributed by atoms with Crippen molar-refractivity contribution < 1.29 is 23.8 Å². The van der Waals surface area contributed by atoms with Gasteiger partial charge in [-0.05, 0) is 36.8 Å². The summed E-state index contributed by atoms with van der Waals surface area (Å²) in [5.41, 5.74) is 2.87. The maximum absolute atomic E-state index is 12.8. The molecule has 2 N–H and O–H groups in total. The first kappa shape index (κ1) is 24.4. The van der Waals surface area contributed by atoms with Gasteiger partial charge in [0.25, 0.3) is 0 Å². The van der Waals surface area contributed by atoms with Crippen LogP contribution in [0.2, 0.25) is 0 Å². The number of nitrogens with zero attached hydrogens (tertiary/aromatic N) is 2. The molecule has 2 aromatic carbocycles. The fourth-order valence-electron chi connectivity index (χ4n) is 4.46. The molecule has 2 heterocycles. The minimum Gasteiger partial charge on any atom is -0.497 e. The smallest absolute Gasteiger partial charge is 0.338 e. The van der Waals surface area contributed by atoms with E-state index in [1.165, 1.54) is 7.11 Å². The van der Waals surface area contributed by atoms with Crippen molar-refractivity contribution >= 4 is 17.7 Å². The second-order valence-electron chi connectivity index (χ2n) is 8.38. The van der Waals surface area contributed by atoms with Gasteiger partial charge in [-0.15, -0.1) is 0 Å². The van der Waals surface area contributed by atoms with Gasteiger partial charge in [-0.2, -0.15) is 0 Å². The summed E-state index contributed by atoms with van der Waals surface area (Å²) in [4.78, 5) is 29.9. The highest BCUT2D eigenvalue weighted by Gasteiger charge is 2.34. The molecule has 2 amide bonds. The minimum absolute atomic E-state index is 0.346. The number of esters is 1. The van der Waals surface area contributed by atoms with Crippen molar-refractivity contribution in [2.24, 2.45) is 0 Å². The molecule has 0 spiro atoms. The summed E-state index contributed by atoms with van der Waals surface area (Å²) in [7, 11) is 3.02. The van der Waals surface area contributed by atoms with E-state index in [2.05, 4.69) is 26.5 Å². The largest absolute Gasteiger partial charge is 0.497 e. The van der Waals surface area contributed by atoms with Gasteiger partial charge in [0, 0.05) is 50.2 Å². The molecule has 0 radical (unpaired) electrons. The number of urea groups is 1. The van der Waals surface area contributed by atoms with Crippen molar-refractivity contribution in [3.63, 3.8) is 0 Å². The number of ether oxygens (including phenoxy) is 3. The van der Waals surface area contributed by atoms with Crippen LogP contribution in [-0.4, -0.2) is 70.5 Å². The number of methoxy groups -OCH3 is 2. The zero-order valence-electron chi connectivity index (χ0n) is 20.4. The SMILES string of the molecule is CCOc1ccc([C@@H]2NC(=O)NC(CN3CCN(c4cccc(OC)c4)CC3)=C2C(=O)OC)cc1. The molecular weight excluding hydrogens is 448 g/mol. The average molecular weight is 481 g/mol. The molecule has 9 nitrogen and oxygen atoms in total. The van der Waals surface area contributed by atoms with Crippen LogP contribution in [0.3, 0.4) is 0 Å². The minimum atomic E-state index is -0.611. The molecule has 1 atom stereocenters. The van der Waals surface area contributed by atoms with E-state index < -0.39 is 12.0 Å². The number of benzene rings is 2. The monoisotopic (exact) mass is 480 g/mol. The molecule has 0 aromatic heterocycles. The van der Waals surface area contributed by atoms with E-state index in [1.807, 2.05) is 49.4 Å². The molecule has 186 valence electrons. The number of carbonyl (C=O) groups excluding carboxylic acids is 2. The average Bonchev–Trinajstić information content (AvgIpc) is 2.89. The van der Waals surface area contributed by atoms with Gasteiger partial charge < -0.3 is 29.7 Å². The van der Waals surface area contributed by atoms with E-state index in [1.54, 1.807) is 7.11 Å². The van der Waals surface area contributed by atoms with Gasteiger partial charge in [0.15, 0.2) is 0 Å². The fourth-order valence-corrected chi connectivity index (χ4v) is 4.46. The Morgan fingerprint density at radius 1 is 1.03 bits per heavy atom. The highest BCUT2D eigenvalue weighted by atomic mass is 16.5. The predicted octanol–water partition coefficient (Wildman–Crippen LogP) is 2.70. The molecular formula is C26H32N4O5. The van der Waals surface area contributed by atoms with Crippen molar-refractivity contribution in [2.75, 3.05) is 58.5 Å². The summed E-state index contributed by atoms with van der Waals surface area (Å²) in [6.45, 7) is 6.13. The molecule has 1 fully saturated rings. The highest BCUT2D eigenvalue weighted by molar-refractivity contribution is 5.95. The first-order valence-corrected chi connectivity index (χ1v) is 11.7. The maximum Gasteiger partial charge on any atom is 0.338 e. The van der Waals surface area contributed by atoms with Gasteiger partial charge >= 0.3 is 12.0 Å². The Kier molecular flexibility index (Phi) is 7.77. The van der Waals surface area contributed by atoms with Crippen molar-refractivity contribution in [1.29, 1.82) is 0 Å². The second kappa shape index (κ2) is 11.1. The third-order valence-corrected chi connectivity index (χ3v) is 6.26. The van der Waals surface area contributed by atoms with E-state index in [0.717, 1.165) is 48.9 Å². The quantitative estimate of drug-likeness (QED) is 0.562. The van der Waals surface area contributed by atoms with Crippen LogP contribution in [0.25, 0.3) is 0 Å². The number of hydrogen-bond donors (Lipinski definition) is 2. The highest BCUT2D eigenvalue weighted by Crippen LogP contribution is 2.30. The van der Waals surface area contributed by atoms with Gasteiger partial charge in [0.2, 0.25) is 0 Å². The normalized spacial score (nSPS) is 18.5. The van der Waals surface area contributed by atoms with E-state index in [0.29, 0.717) is 24.4 Å². The number of rotatable bonds is 8. The molecule has 1 saturated heterocycles. The number of hydrogen-bond acceptors (Lipinski definition) is 7. The van der Waals surface area contributed by atoms with Gasteiger partial charge in [0.1, 0.15) is 11.5 Å². The summed E-state index contributed by atoms with van der Waals surface area (Å²) >= 11 is 0. The van der Waals surface area contributed by atoms with Crippen LogP contribution in [0.1, 0.15) is 18.5 Å². The molecule has 0 saturated carbocycles. The van der Waals surface area contributed by atoms with Crippen LogP contribution in [0, 0.1) is 0 Å². The first-order valence-electron chi connectivity index (χ1n) is 11.7. The Bertz CT molecular complexity index is 1080. The van der Waals surface area contributed by atoms with E-state index in [9.17, 15) is 9.59 Å². The summed E-state index contributed by atoms with van der Waals surface area (Å²) in [6.07, 6.45) is 0. The van der Waals surface area contributed by atoms with E-state index >= 15 is 0 Å². The number of carbonyl (C=O) groups is 2. The lowest BCUT2D eigenvalue weighted by Gasteiger charge is -2.38. The molecule has 0 aliphatic carbocycles. The maximum atomic E-state index is 12.8. The lowest BCUT2D eigenvalue weighted by Crippen LogP contribution is -2.51. The fraction of sp³-hybridized carbons (Fsp3) is 0.385. The Balaban J connectivity index is 1.52. The Morgan fingerprint density at radius 2 is 1.77 bits per heavy atom. The van der Waals surface area contributed by atoms with Crippen LogP contribution in [-0.2, 0) is 9.53 Å². The molecule has 0 unspecified atom stereocenters. The Labute approximate surface area is 205 Å². The molecule has 2 aromatic rings. The molecule has 0 bridgehead atoms. The summed E-state index contributed by atoms with van der Waals surface area (Å²) in [5.74, 6) is 1.09. The van der Waals surface area contributed by atoms with Gasteiger partial charge in [0.05, 0.1) is 32.4 Å². The lowest BCUT2D eigenvalue weighted by molar-refractivity contribution is -0.136. The second-order valence-corrected chi connectivity index (χ2v) is 8.38. The third-order valence-electron chi connectivity index (χ3n) is 6.26. The standard InChI is InChI=1S/C26H32N4O5/c1-4-35-20-10-8-18(9-11-20)24-23(25(31)34-3)22(27-26(32)28-24)17-29-12-14-30(15-13-29)19-6-5-7-21(16-19)33-2/h5-11,16,24H,4,12-15,17H2,1-3H3,(H2,27,28,32)/t24-/m0/s1. The van der Waals surface area contributed by atoms with Crippen LogP contribution in [0.15, 0.2) is 59.8 Å². The molecule has 2 aliphatic heterocycles. The Hall–Kier alpha value is -3.72. The number of nitrogens with one attached hydrogen (secondary N) is 2. The van der Waals surface area contributed by atoms with Crippen molar-refractivity contribution in [3.05, 3.63) is 65.4 Å². The lowest BCUT2D eigenvalue weighted by atomic mass is 9.95. The predicted molar refractivity (Wildman–Crippen MR) is 133 cm³/mol. The zero-order valence-corrected chi connectivity index (χ0v) is 20.4. The summed E-state index contributed by atoms with van der Waals surface area (Å²) in [6, 6.07) is 14.4. The molecule has 2 aliphatic rings. The third kappa shape index (κ3) is 5.68. The Morgan fingerprint density at radius 3 is 2.43 bits per heavy atom. The molecule has 9 heteroatoms. The first-order chi connectivity index (χ1) is 17.0. The number of amides is 2.